The van der Waals surface area contributed by atoms with Crippen LogP contribution in [-0.4, -0.2) is 74.9 Å². The van der Waals surface area contributed by atoms with Crippen molar-refractivity contribution in [1.82, 2.24) is 28.9 Å². The van der Waals surface area contributed by atoms with Gasteiger partial charge in [0.2, 0.25) is 16.0 Å². The molecule has 15 heteroatoms. The average Bonchev–Trinajstić information content (AvgIpc) is 3.62. The molecular formula is C32H34ClN9O3S2. The molecule has 2 aliphatic heterocycles. The maximum absolute atomic E-state index is 12.8. The minimum Gasteiger partial charge on any atom is -0.376 e. The summed E-state index contributed by atoms with van der Waals surface area (Å²) in [6, 6.07) is 10.9. The second-order valence-corrected chi connectivity index (χ2v) is 15.4. The van der Waals surface area contributed by atoms with Crippen molar-refractivity contribution in [1.29, 1.82) is 0 Å². The monoisotopic (exact) mass is 691 g/mol. The topological polar surface area (TPSA) is 154 Å². The van der Waals surface area contributed by atoms with E-state index in [1.165, 1.54) is 15.7 Å². The molecule has 12 nitrogen and oxygen atoms in total. The van der Waals surface area contributed by atoms with E-state index in [0.717, 1.165) is 48.6 Å². The minimum atomic E-state index is -3.52. The van der Waals surface area contributed by atoms with Gasteiger partial charge in [0.25, 0.3) is 0 Å². The van der Waals surface area contributed by atoms with Gasteiger partial charge in [0.05, 0.1) is 47.1 Å². The lowest BCUT2D eigenvalue weighted by Gasteiger charge is -2.41. The summed E-state index contributed by atoms with van der Waals surface area (Å²) < 4.78 is 32.8. The van der Waals surface area contributed by atoms with E-state index < -0.39 is 10.0 Å². The molecule has 1 aromatic carbocycles. The minimum absolute atomic E-state index is 0.0276. The maximum Gasteiger partial charge on any atom is 0.238 e. The number of nitrogens with zero attached hydrogens (tertiary/aromatic N) is 7. The fourth-order valence-electron chi connectivity index (χ4n) is 6.28. The molecule has 4 aromatic heterocycles. The van der Waals surface area contributed by atoms with Gasteiger partial charge in [-0.05, 0) is 44.9 Å². The van der Waals surface area contributed by atoms with Crippen LogP contribution in [0.1, 0.15) is 26.7 Å². The molecule has 5 aromatic rings. The van der Waals surface area contributed by atoms with Crippen LogP contribution in [-0.2, 0) is 14.8 Å². The van der Waals surface area contributed by atoms with Gasteiger partial charge in [0.1, 0.15) is 10.8 Å². The molecule has 0 radical (unpaired) electrons. The molecule has 2 fully saturated rings. The number of aromatic nitrogens is 6. The molecule has 0 amide bonds. The highest BCUT2D eigenvalue weighted by atomic mass is 35.5. The van der Waals surface area contributed by atoms with E-state index in [0.29, 0.717) is 32.6 Å². The standard InChI is InChI=1S/C32H34ClN9O3S2/c1-3-47(43,44)42-18-22(21-6-4-5-7-24(21)42)23-8-12-36-31(39-23)40-30-28(33)25(9-13-35-30)46-27-17-37-26(16-38-27)41-14-10-32(11-15-41)19-45-20(2)29(32)34/h4-9,12-13,16-18,20,29H,3,10-11,14-15,19,34H2,1-2H3,(H,35,36,39,40)/t20-,29+/m0/s1. The first-order valence-corrected chi connectivity index (χ1v) is 18.2. The SMILES string of the molecule is CCS(=O)(=O)n1cc(-c2ccnc(Nc3nccc(Sc4cnc(N5CCC6(CC5)CO[C@@H](C)[C@H]6N)cn4)c3Cl)n2)c2ccccc21. The van der Waals surface area contributed by atoms with Gasteiger partial charge in [-0.15, -0.1) is 0 Å². The van der Waals surface area contributed by atoms with Gasteiger partial charge in [0, 0.05) is 59.0 Å². The zero-order chi connectivity index (χ0) is 32.8. The van der Waals surface area contributed by atoms with Crippen molar-refractivity contribution >= 4 is 61.9 Å². The number of nitrogens with two attached hydrogens (primary N) is 1. The second-order valence-electron chi connectivity index (χ2n) is 11.8. The number of hydrogen-bond acceptors (Lipinski definition) is 12. The van der Waals surface area contributed by atoms with Crippen molar-refractivity contribution in [2.75, 3.05) is 35.7 Å². The summed E-state index contributed by atoms with van der Waals surface area (Å²) in [4.78, 5) is 25.8. The van der Waals surface area contributed by atoms with Gasteiger partial charge >= 0.3 is 0 Å². The number of halogens is 1. The lowest BCUT2D eigenvalue weighted by molar-refractivity contribution is 0.0974. The lowest BCUT2D eigenvalue weighted by atomic mass is 9.73. The third-order valence-electron chi connectivity index (χ3n) is 9.12. The van der Waals surface area contributed by atoms with Crippen molar-refractivity contribution in [3.05, 3.63) is 72.4 Å². The van der Waals surface area contributed by atoms with Crippen molar-refractivity contribution < 1.29 is 13.2 Å². The molecule has 2 aliphatic rings. The Morgan fingerprint density at radius 3 is 2.60 bits per heavy atom. The van der Waals surface area contributed by atoms with Crippen LogP contribution in [0.15, 0.2) is 77.3 Å². The van der Waals surface area contributed by atoms with E-state index in [1.807, 2.05) is 24.3 Å². The number of rotatable bonds is 8. The van der Waals surface area contributed by atoms with Gasteiger partial charge in [-0.25, -0.2) is 37.3 Å². The Morgan fingerprint density at radius 2 is 1.87 bits per heavy atom. The molecule has 2 saturated heterocycles. The summed E-state index contributed by atoms with van der Waals surface area (Å²) in [5.74, 6) is 1.45. The van der Waals surface area contributed by atoms with Crippen molar-refractivity contribution in [3.63, 3.8) is 0 Å². The molecule has 0 bridgehead atoms. The van der Waals surface area contributed by atoms with Gasteiger partial charge in [-0.2, -0.15) is 0 Å². The zero-order valence-corrected chi connectivity index (χ0v) is 28.3. The van der Waals surface area contributed by atoms with Crippen LogP contribution in [0.2, 0.25) is 5.02 Å². The first-order chi connectivity index (χ1) is 22.7. The molecule has 47 heavy (non-hydrogen) atoms. The smallest absolute Gasteiger partial charge is 0.238 e. The zero-order valence-electron chi connectivity index (χ0n) is 25.9. The summed E-state index contributed by atoms with van der Waals surface area (Å²) in [5, 5.41) is 4.96. The quantitative estimate of drug-likeness (QED) is 0.215. The number of fused-ring (bicyclic) bond motifs is 1. The van der Waals surface area contributed by atoms with Crippen LogP contribution in [0.3, 0.4) is 0 Å². The molecular weight excluding hydrogens is 658 g/mol. The predicted molar refractivity (Wildman–Crippen MR) is 184 cm³/mol. The van der Waals surface area contributed by atoms with Crippen molar-refractivity contribution in [3.8, 4) is 11.3 Å². The normalized spacial score (nSPS) is 19.4. The van der Waals surface area contributed by atoms with E-state index in [1.54, 1.807) is 50.0 Å². The van der Waals surface area contributed by atoms with Gasteiger partial charge in [0.15, 0.2) is 5.82 Å². The molecule has 1 spiro atoms. The summed E-state index contributed by atoms with van der Waals surface area (Å²) in [7, 11) is -3.52. The summed E-state index contributed by atoms with van der Waals surface area (Å²) in [5.41, 5.74) is 8.34. The number of pyridine rings is 1. The predicted octanol–water partition coefficient (Wildman–Crippen LogP) is 5.36. The van der Waals surface area contributed by atoms with E-state index >= 15 is 0 Å². The van der Waals surface area contributed by atoms with Gasteiger partial charge in [-0.1, -0.05) is 41.6 Å². The number of para-hydroxylation sites is 1. The maximum atomic E-state index is 12.8. The van der Waals surface area contributed by atoms with Crippen LogP contribution >= 0.6 is 23.4 Å². The van der Waals surface area contributed by atoms with E-state index in [9.17, 15) is 8.42 Å². The fraction of sp³-hybridized carbons (Fsp3) is 0.344. The summed E-state index contributed by atoms with van der Waals surface area (Å²) in [6.45, 7) is 6.12. The Balaban J connectivity index is 1.06. The molecule has 7 rings (SSSR count). The van der Waals surface area contributed by atoms with Crippen molar-refractivity contribution in [2.45, 2.75) is 48.8 Å². The fourth-order valence-corrected chi connectivity index (χ4v) is 8.31. The number of nitrogens with one attached hydrogen (secondary N) is 1. The highest BCUT2D eigenvalue weighted by Gasteiger charge is 2.47. The summed E-state index contributed by atoms with van der Waals surface area (Å²) >= 11 is 8.18. The third-order valence-corrected chi connectivity index (χ3v) is 12.2. The number of hydrogen-bond donors (Lipinski definition) is 2. The molecule has 0 saturated carbocycles. The Hall–Kier alpha value is -3.82. The van der Waals surface area contributed by atoms with E-state index in [4.69, 9.17) is 27.1 Å². The van der Waals surface area contributed by atoms with E-state index in [2.05, 4.69) is 37.1 Å². The first-order valence-electron chi connectivity index (χ1n) is 15.4. The molecule has 2 atom stereocenters. The van der Waals surface area contributed by atoms with Crippen molar-refractivity contribution in [2.24, 2.45) is 11.1 Å². The molecule has 3 N–H and O–H groups in total. The number of benzene rings is 1. The highest BCUT2D eigenvalue weighted by Crippen LogP contribution is 2.42. The van der Waals surface area contributed by atoms with Crippen LogP contribution in [0.25, 0.3) is 22.2 Å². The van der Waals surface area contributed by atoms with Crippen LogP contribution in [0, 0.1) is 5.41 Å². The number of anilines is 3. The van der Waals surface area contributed by atoms with Crippen LogP contribution in [0.5, 0.6) is 0 Å². The van der Waals surface area contributed by atoms with Crippen LogP contribution < -0.4 is 16.0 Å². The molecule has 0 unspecified atom stereocenters. The summed E-state index contributed by atoms with van der Waals surface area (Å²) in [6.07, 6.45) is 10.4. The Morgan fingerprint density at radius 1 is 1.09 bits per heavy atom. The lowest BCUT2D eigenvalue weighted by Crippen LogP contribution is -2.50. The van der Waals surface area contributed by atoms with Crippen LogP contribution in [0.4, 0.5) is 17.6 Å². The third kappa shape index (κ3) is 6.04. The molecule has 0 aliphatic carbocycles. The number of piperidine rings is 1. The first kappa shape index (κ1) is 31.8. The second kappa shape index (κ2) is 12.7. The Kier molecular flexibility index (Phi) is 8.55. The Labute approximate surface area is 282 Å². The largest absolute Gasteiger partial charge is 0.376 e. The van der Waals surface area contributed by atoms with Gasteiger partial charge in [-0.3, -0.25) is 0 Å². The van der Waals surface area contributed by atoms with Gasteiger partial charge < -0.3 is 20.7 Å². The molecule has 6 heterocycles. The number of ether oxygens (including phenoxy) is 1. The highest BCUT2D eigenvalue weighted by molar-refractivity contribution is 7.99. The average molecular weight is 692 g/mol. The van der Waals surface area contributed by atoms with E-state index in [-0.39, 0.29) is 29.3 Å². The molecule has 244 valence electrons. The Bertz CT molecular complexity index is 2030.